The second kappa shape index (κ2) is 6.88. The van der Waals surface area contributed by atoms with Gasteiger partial charge in [-0.3, -0.25) is 14.5 Å². The minimum Gasteiger partial charge on any atom is -0.480 e. The molecule has 144 valence electrons. The summed E-state index contributed by atoms with van der Waals surface area (Å²) in [5, 5.41) is 0.431. The van der Waals surface area contributed by atoms with Crippen molar-refractivity contribution in [3.8, 4) is 17.3 Å². The Hall–Kier alpha value is -2.97. The Morgan fingerprint density at radius 2 is 1.93 bits per heavy atom. The number of methoxy groups -OCH3 is 1. The molecule has 9 heteroatoms. The lowest BCUT2D eigenvalue weighted by Gasteiger charge is -2.16. The number of imide groups is 1. The Labute approximate surface area is 166 Å². The molecule has 0 fully saturated rings. The molecule has 28 heavy (non-hydrogen) atoms. The van der Waals surface area contributed by atoms with Gasteiger partial charge in [-0.15, -0.1) is 0 Å². The molecule has 0 saturated carbocycles. The number of nitrogens with one attached hydrogen (secondary N) is 1. The standard InChI is InChI=1S/C19H18ClN5O3/c1-24(2)6-7-25-18(26)10-8-13-14(9-11(10)19(25)27)23-16(22-13)15-12(20)4-5-21-17(15)28-3/h4-5,8-9H,6-7H2,1-3H3,(H,22,23). The van der Waals surface area contributed by atoms with E-state index in [0.717, 1.165) is 0 Å². The van der Waals surface area contributed by atoms with Gasteiger partial charge in [-0.1, -0.05) is 11.6 Å². The van der Waals surface area contributed by atoms with Gasteiger partial charge in [0.25, 0.3) is 11.8 Å². The lowest BCUT2D eigenvalue weighted by atomic mass is 10.1. The van der Waals surface area contributed by atoms with E-state index in [9.17, 15) is 9.59 Å². The van der Waals surface area contributed by atoms with E-state index in [4.69, 9.17) is 16.3 Å². The van der Waals surface area contributed by atoms with Crippen molar-refractivity contribution < 1.29 is 14.3 Å². The van der Waals surface area contributed by atoms with Crippen molar-refractivity contribution in [3.05, 3.63) is 40.5 Å². The number of nitrogens with zero attached hydrogens (tertiary/aromatic N) is 4. The molecular formula is C19H18ClN5O3. The molecule has 0 aliphatic carbocycles. The van der Waals surface area contributed by atoms with Gasteiger partial charge in [0.2, 0.25) is 5.88 Å². The summed E-state index contributed by atoms with van der Waals surface area (Å²) >= 11 is 6.30. The van der Waals surface area contributed by atoms with Gasteiger partial charge in [0.1, 0.15) is 5.82 Å². The minimum atomic E-state index is -0.301. The van der Waals surface area contributed by atoms with Crippen LogP contribution in [-0.2, 0) is 0 Å². The number of H-pyrrole nitrogens is 1. The predicted octanol–water partition coefficient (Wildman–Crippen LogP) is 2.44. The van der Waals surface area contributed by atoms with Crippen molar-refractivity contribution >= 4 is 34.4 Å². The van der Waals surface area contributed by atoms with Crippen LogP contribution in [0, 0.1) is 0 Å². The van der Waals surface area contributed by atoms with E-state index < -0.39 is 0 Å². The number of likely N-dealkylation sites (N-methyl/N-ethyl adjacent to an activating group) is 1. The fourth-order valence-corrected chi connectivity index (χ4v) is 3.43. The number of amides is 2. The van der Waals surface area contributed by atoms with Crippen LogP contribution in [0.1, 0.15) is 20.7 Å². The SMILES string of the molecule is COc1nccc(Cl)c1-c1nc2cc3c(cc2[nH]1)C(=O)N(CCN(C)C)C3=O. The summed E-state index contributed by atoms with van der Waals surface area (Å²) in [6, 6.07) is 4.94. The summed E-state index contributed by atoms with van der Waals surface area (Å²) in [7, 11) is 5.29. The molecule has 0 radical (unpaired) electrons. The second-order valence-corrected chi connectivity index (χ2v) is 7.15. The van der Waals surface area contributed by atoms with Crippen molar-refractivity contribution in [1.29, 1.82) is 0 Å². The molecule has 3 heterocycles. The molecule has 1 aliphatic rings. The van der Waals surface area contributed by atoms with Crippen molar-refractivity contribution in [2.45, 2.75) is 0 Å². The van der Waals surface area contributed by atoms with Crippen LogP contribution in [0.3, 0.4) is 0 Å². The van der Waals surface area contributed by atoms with Crippen LogP contribution < -0.4 is 4.74 Å². The number of pyridine rings is 1. The molecule has 1 N–H and O–H groups in total. The summed E-state index contributed by atoms with van der Waals surface area (Å²) < 4.78 is 5.28. The van der Waals surface area contributed by atoms with Crippen LogP contribution in [-0.4, -0.2) is 70.9 Å². The molecule has 0 unspecified atom stereocenters. The molecule has 0 atom stereocenters. The van der Waals surface area contributed by atoms with Crippen molar-refractivity contribution in [2.75, 3.05) is 34.3 Å². The molecular weight excluding hydrogens is 382 g/mol. The average Bonchev–Trinajstić information content (AvgIpc) is 3.17. The number of carbonyl (C=O) groups excluding carboxylic acids is 2. The van der Waals surface area contributed by atoms with Crippen LogP contribution in [0.25, 0.3) is 22.4 Å². The Bertz CT molecular complexity index is 1060. The molecule has 1 aromatic carbocycles. The molecule has 8 nitrogen and oxygen atoms in total. The third-order valence-corrected chi connectivity index (χ3v) is 4.95. The fourth-order valence-electron chi connectivity index (χ4n) is 3.20. The number of ether oxygens (including phenoxy) is 1. The highest BCUT2D eigenvalue weighted by Crippen LogP contribution is 2.35. The van der Waals surface area contributed by atoms with Gasteiger partial charge in [0.15, 0.2) is 0 Å². The summed E-state index contributed by atoms with van der Waals surface area (Å²) in [5.74, 6) is 0.196. The number of imidazole rings is 1. The van der Waals surface area contributed by atoms with Crippen molar-refractivity contribution in [3.63, 3.8) is 0 Å². The molecule has 1 aliphatic heterocycles. The van der Waals surface area contributed by atoms with Gasteiger partial charge >= 0.3 is 0 Å². The molecule has 0 bridgehead atoms. The fraction of sp³-hybridized carbons (Fsp3) is 0.263. The number of hydrogen-bond acceptors (Lipinski definition) is 6. The summed E-state index contributed by atoms with van der Waals surface area (Å²) in [6.45, 7) is 0.944. The molecule has 2 amide bonds. The first kappa shape index (κ1) is 18.4. The number of hydrogen-bond donors (Lipinski definition) is 1. The third-order valence-electron chi connectivity index (χ3n) is 4.64. The predicted molar refractivity (Wildman–Crippen MR) is 105 cm³/mol. The van der Waals surface area contributed by atoms with Crippen molar-refractivity contribution in [2.24, 2.45) is 0 Å². The minimum absolute atomic E-state index is 0.295. The average molecular weight is 400 g/mol. The lowest BCUT2D eigenvalue weighted by molar-refractivity contribution is 0.0645. The maximum Gasteiger partial charge on any atom is 0.261 e. The van der Waals surface area contributed by atoms with E-state index in [2.05, 4.69) is 15.0 Å². The molecule has 4 rings (SSSR count). The van der Waals surface area contributed by atoms with Crippen molar-refractivity contribution in [1.82, 2.24) is 24.8 Å². The maximum absolute atomic E-state index is 12.7. The normalized spacial score (nSPS) is 13.7. The van der Waals surface area contributed by atoms with Crippen LogP contribution >= 0.6 is 11.6 Å². The molecule has 2 aromatic heterocycles. The first-order valence-electron chi connectivity index (χ1n) is 8.64. The zero-order valence-electron chi connectivity index (χ0n) is 15.6. The van der Waals surface area contributed by atoms with E-state index >= 15 is 0 Å². The van der Waals surface area contributed by atoms with E-state index in [-0.39, 0.29) is 11.8 Å². The quantitative estimate of drug-likeness (QED) is 0.662. The van der Waals surface area contributed by atoms with Crippen LogP contribution in [0.15, 0.2) is 24.4 Å². The first-order chi connectivity index (χ1) is 13.4. The Balaban J connectivity index is 1.77. The number of benzene rings is 1. The summed E-state index contributed by atoms with van der Waals surface area (Å²) in [4.78, 5) is 40.4. The number of aromatic amines is 1. The smallest absolute Gasteiger partial charge is 0.261 e. The monoisotopic (exact) mass is 399 g/mol. The Kier molecular flexibility index (Phi) is 4.52. The summed E-state index contributed by atoms with van der Waals surface area (Å²) in [6.07, 6.45) is 1.54. The number of carbonyl (C=O) groups is 2. The Morgan fingerprint density at radius 1 is 1.21 bits per heavy atom. The van der Waals surface area contributed by atoms with E-state index in [1.54, 1.807) is 24.4 Å². The van der Waals surface area contributed by atoms with Crippen LogP contribution in [0.2, 0.25) is 5.02 Å². The Morgan fingerprint density at radius 3 is 2.61 bits per heavy atom. The lowest BCUT2D eigenvalue weighted by Crippen LogP contribution is -2.35. The van der Waals surface area contributed by atoms with Crippen LogP contribution in [0.4, 0.5) is 0 Å². The number of fused-ring (bicyclic) bond motifs is 2. The first-order valence-corrected chi connectivity index (χ1v) is 9.02. The maximum atomic E-state index is 12.7. The zero-order chi connectivity index (χ0) is 20.0. The van der Waals surface area contributed by atoms with E-state index in [1.807, 2.05) is 19.0 Å². The molecule has 0 spiro atoms. The second-order valence-electron chi connectivity index (χ2n) is 6.74. The van der Waals surface area contributed by atoms with Gasteiger partial charge in [0, 0.05) is 19.3 Å². The molecule has 3 aromatic rings. The number of halogens is 1. The summed E-state index contributed by atoms with van der Waals surface area (Å²) in [5.41, 5.74) is 2.44. The van der Waals surface area contributed by atoms with Gasteiger partial charge in [-0.2, -0.15) is 0 Å². The highest BCUT2D eigenvalue weighted by atomic mass is 35.5. The van der Waals surface area contributed by atoms with E-state index in [1.165, 1.54) is 12.0 Å². The van der Waals surface area contributed by atoms with Gasteiger partial charge in [-0.25, -0.2) is 9.97 Å². The van der Waals surface area contributed by atoms with Gasteiger partial charge in [-0.05, 0) is 32.3 Å². The largest absolute Gasteiger partial charge is 0.480 e. The number of rotatable bonds is 5. The topological polar surface area (TPSA) is 91.4 Å². The number of aromatic nitrogens is 3. The third kappa shape index (κ3) is 2.90. The highest BCUT2D eigenvalue weighted by molar-refractivity contribution is 6.33. The van der Waals surface area contributed by atoms with Crippen LogP contribution in [0.5, 0.6) is 5.88 Å². The molecule has 0 saturated heterocycles. The van der Waals surface area contributed by atoms with E-state index in [0.29, 0.717) is 57.5 Å². The van der Waals surface area contributed by atoms with Gasteiger partial charge in [0.05, 0.1) is 39.9 Å². The highest BCUT2D eigenvalue weighted by Gasteiger charge is 2.36. The zero-order valence-corrected chi connectivity index (χ0v) is 16.4. The van der Waals surface area contributed by atoms with Gasteiger partial charge < -0.3 is 14.6 Å².